The second-order valence-corrected chi connectivity index (χ2v) is 7.54. The van der Waals surface area contributed by atoms with Gasteiger partial charge in [0.15, 0.2) is 5.82 Å². The van der Waals surface area contributed by atoms with Crippen molar-refractivity contribution in [1.29, 1.82) is 0 Å². The molecule has 0 spiro atoms. The fourth-order valence-electron chi connectivity index (χ4n) is 4.12. The first kappa shape index (κ1) is 21.4. The molecule has 0 atom stereocenters. The number of nitro benzene ring substituents is 1. The SMILES string of the molecule is C.Cc1cc(F)c([N+](=O)[O-])cc1Nc1ncc(F)c(-c2cn3c4c(cccc24)CCC3)n1. The number of aromatic nitrogens is 3. The molecule has 0 aliphatic carbocycles. The lowest BCUT2D eigenvalue weighted by molar-refractivity contribution is -0.387. The Labute approximate surface area is 182 Å². The minimum absolute atomic E-state index is 0. The number of anilines is 2. The number of rotatable bonds is 4. The zero-order valence-corrected chi connectivity index (χ0v) is 16.5. The molecule has 1 N–H and O–H groups in total. The first-order chi connectivity index (χ1) is 14.9. The van der Waals surface area contributed by atoms with Gasteiger partial charge in [-0.25, -0.2) is 14.4 Å². The molecule has 0 unspecified atom stereocenters. The molecule has 2 aromatic carbocycles. The van der Waals surface area contributed by atoms with Gasteiger partial charge in [0, 0.05) is 29.8 Å². The van der Waals surface area contributed by atoms with Gasteiger partial charge < -0.3 is 9.88 Å². The zero-order valence-electron chi connectivity index (χ0n) is 16.5. The van der Waals surface area contributed by atoms with E-state index in [-0.39, 0.29) is 24.8 Å². The summed E-state index contributed by atoms with van der Waals surface area (Å²) in [6.07, 6.45) is 4.95. The lowest BCUT2D eigenvalue weighted by Gasteiger charge is -2.14. The molecular formula is C23H21F2N5O2. The van der Waals surface area contributed by atoms with E-state index in [9.17, 15) is 18.9 Å². The van der Waals surface area contributed by atoms with Gasteiger partial charge in [-0.15, -0.1) is 0 Å². The quantitative estimate of drug-likeness (QED) is 0.316. The van der Waals surface area contributed by atoms with Crippen molar-refractivity contribution in [2.45, 2.75) is 33.7 Å². The molecular weight excluding hydrogens is 416 g/mol. The summed E-state index contributed by atoms with van der Waals surface area (Å²) in [7, 11) is 0. The zero-order chi connectivity index (χ0) is 21.7. The van der Waals surface area contributed by atoms with Crippen LogP contribution in [-0.4, -0.2) is 19.5 Å². The summed E-state index contributed by atoms with van der Waals surface area (Å²) < 4.78 is 30.7. The Morgan fingerprint density at radius 3 is 2.81 bits per heavy atom. The van der Waals surface area contributed by atoms with E-state index in [1.807, 2.05) is 18.3 Å². The Morgan fingerprint density at radius 2 is 2.03 bits per heavy atom. The highest BCUT2D eigenvalue weighted by Gasteiger charge is 2.21. The summed E-state index contributed by atoms with van der Waals surface area (Å²) in [5, 5.41) is 14.8. The highest BCUT2D eigenvalue weighted by molar-refractivity contribution is 5.97. The first-order valence-corrected chi connectivity index (χ1v) is 9.77. The molecule has 7 nitrogen and oxygen atoms in total. The average Bonchev–Trinajstić information content (AvgIpc) is 3.12. The summed E-state index contributed by atoms with van der Waals surface area (Å²) >= 11 is 0. The molecule has 164 valence electrons. The molecule has 4 aromatic rings. The number of para-hydroxylation sites is 1. The Balaban J connectivity index is 0.00000245. The number of hydrogen-bond acceptors (Lipinski definition) is 5. The van der Waals surface area contributed by atoms with Crippen LogP contribution in [0.5, 0.6) is 0 Å². The molecule has 0 saturated heterocycles. The van der Waals surface area contributed by atoms with E-state index in [0.29, 0.717) is 11.1 Å². The third-order valence-corrected chi connectivity index (χ3v) is 5.56. The van der Waals surface area contributed by atoms with Crippen molar-refractivity contribution >= 4 is 28.2 Å². The van der Waals surface area contributed by atoms with Crippen molar-refractivity contribution in [3.8, 4) is 11.3 Å². The minimum Gasteiger partial charge on any atom is -0.347 e. The van der Waals surface area contributed by atoms with E-state index in [0.717, 1.165) is 48.6 Å². The molecule has 0 amide bonds. The topological polar surface area (TPSA) is 85.9 Å². The maximum Gasteiger partial charge on any atom is 0.306 e. The Kier molecular flexibility index (Phi) is 5.33. The smallest absolute Gasteiger partial charge is 0.306 e. The molecule has 5 rings (SSSR count). The number of halogens is 2. The van der Waals surface area contributed by atoms with Crippen molar-refractivity contribution in [3.05, 3.63) is 75.6 Å². The van der Waals surface area contributed by atoms with E-state index in [1.54, 1.807) is 6.92 Å². The van der Waals surface area contributed by atoms with Crippen LogP contribution in [0.3, 0.4) is 0 Å². The predicted octanol–water partition coefficient (Wildman–Crippen LogP) is 5.92. The Morgan fingerprint density at radius 1 is 1.22 bits per heavy atom. The summed E-state index contributed by atoms with van der Waals surface area (Å²) in [6, 6.07) is 8.12. The average molecular weight is 437 g/mol. The van der Waals surface area contributed by atoms with Gasteiger partial charge in [0.05, 0.1) is 22.3 Å². The van der Waals surface area contributed by atoms with Crippen LogP contribution < -0.4 is 5.32 Å². The lowest BCUT2D eigenvalue weighted by Crippen LogP contribution is -2.05. The molecule has 0 radical (unpaired) electrons. The largest absolute Gasteiger partial charge is 0.347 e. The van der Waals surface area contributed by atoms with Crippen molar-refractivity contribution in [2.75, 3.05) is 5.32 Å². The number of benzene rings is 2. The maximum absolute atomic E-state index is 14.8. The molecule has 2 aromatic heterocycles. The summed E-state index contributed by atoms with van der Waals surface area (Å²) in [5.41, 5.74) is 3.14. The van der Waals surface area contributed by atoms with Crippen LogP contribution in [0.4, 0.5) is 26.1 Å². The van der Waals surface area contributed by atoms with Gasteiger partial charge in [0.2, 0.25) is 11.8 Å². The van der Waals surface area contributed by atoms with Crippen molar-refractivity contribution in [2.24, 2.45) is 0 Å². The van der Waals surface area contributed by atoms with Crippen LogP contribution in [-0.2, 0) is 13.0 Å². The van der Waals surface area contributed by atoms with Crippen LogP contribution in [0, 0.1) is 28.7 Å². The number of nitrogens with one attached hydrogen (secondary N) is 1. The Bertz CT molecular complexity index is 1370. The lowest BCUT2D eigenvalue weighted by atomic mass is 10.0. The highest BCUT2D eigenvalue weighted by atomic mass is 19.1. The van der Waals surface area contributed by atoms with Crippen LogP contribution in [0.25, 0.3) is 22.2 Å². The van der Waals surface area contributed by atoms with Gasteiger partial charge >= 0.3 is 5.69 Å². The second-order valence-electron chi connectivity index (χ2n) is 7.54. The highest BCUT2D eigenvalue weighted by Crippen LogP contribution is 2.36. The fraction of sp³-hybridized carbons (Fsp3) is 0.217. The van der Waals surface area contributed by atoms with E-state index in [4.69, 9.17) is 0 Å². The molecule has 3 heterocycles. The van der Waals surface area contributed by atoms with Gasteiger partial charge in [-0.3, -0.25) is 10.1 Å². The number of nitrogens with zero attached hydrogens (tertiary/aromatic N) is 4. The second kappa shape index (κ2) is 7.99. The van der Waals surface area contributed by atoms with E-state index in [1.165, 1.54) is 5.56 Å². The van der Waals surface area contributed by atoms with Crippen molar-refractivity contribution < 1.29 is 13.7 Å². The third kappa shape index (κ3) is 3.45. The van der Waals surface area contributed by atoms with Gasteiger partial charge in [-0.05, 0) is 37.0 Å². The van der Waals surface area contributed by atoms with E-state index in [2.05, 4.69) is 25.9 Å². The van der Waals surface area contributed by atoms with Gasteiger partial charge in [0.25, 0.3) is 0 Å². The first-order valence-electron chi connectivity index (χ1n) is 9.77. The van der Waals surface area contributed by atoms with Crippen molar-refractivity contribution in [3.63, 3.8) is 0 Å². The predicted molar refractivity (Wildman–Crippen MR) is 119 cm³/mol. The standard InChI is InChI=1S/C22H17F2N5O2.CH4/c1-12-8-16(23)19(29(30)31)9-18(12)26-22-25-10-17(24)20(27-22)15-11-28-7-3-5-13-4-2-6-14(15)21(13)28;/h2,4,6,8-11H,3,5,7H2,1H3,(H,25,26,27);1H4. The molecule has 1 aliphatic rings. The molecule has 32 heavy (non-hydrogen) atoms. The van der Waals surface area contributed by atoms with Crippen LogP contribution in [0.15, 0.2) is 42.7 Å². The summed E-state index contributed by atoms with van der Waals surface area (Å²) in [4.78, 5) is 18.6. The van der Waals surface area contributed by atoms with Crippen LogP contribution >= 0.6 is 0 Å². The minimum atomic E-state index is -0.928. The van der Waals surface area contributed by atoms with Crippen LogP contribution in [0.1, 0.15) is 25.0 Å². The Hall–Kier alpha value is -3.88. The van der Waals surface area contributed by atoms with E-state index >= 15 is 0 Å². The molecule has 9 heteroatoms. The van der Waals surface area contributed by atoms with Gasteiger partial charge in [-0.2, -0.15) is 4.39 Å². The summed E-state index contributed by atoms with van der Waals surface area (Å²) in [5.74, 6) is -1.44. The molecule has 0 saturated carbocycles. The normalized spacial score (nSPS) is 12.5. The number of aryl methyl sites for hydroxylation is 3. The fourth-order valence-corrected chi connectivity index (χ4v) is 4.12. The third-order valence-electron chi connectivity index (χ3n) is 5.56. The summed E-state index contributed by atoms with van der Waals surface area (Å²) in [6.45, 7) is 2.45. The number of nitro groups is 1. The van der Waals surface area contributed by atoms with Crippen LogP contribution in [0.2, 0.25) is 0 Å². The molecule has 0 bridgehead atoms. The van der Waals surface area contributed by atoms with Crippen molar-refractivity contribution in [1.82, 2.24) is 14.5 Å². The maximum atomic E-state index is 14.8. The monoisotopic (exact) mass is 437 g/mol. The van der Waals surface area contributed by atoms with Gasteiger partial charge in [-0.1, -0.05) is 25.6 Å². The van der Waals surface area contributed by atoms with E-state index < -0.39 is 22.2 Å². The molecule has 1 aliphatic heterocycles. The number of hydrogen-bond donors (Lipinski definition) is 1. The molecule has 0 fully saturated rings. The van der Waals surface area contributed by atoms with Gasteiger partial charge in [0.1, 0.15) is 5.69 Å².